The number of aromatic nitrogens is 1. The number of ether oxygens (including phenoxy) is 1. The molecule has 5 heteroatoms. The third kappa shape index (κ3) is 5.39. The number of pyridine rings is 1. The third-order valence-corrected chi connectivity index (χ3v) is 6.07. The monoisotopic (exact) mass is 409 g/mol. The van der Waals surface area contributed by atoms with Gasteiger partial charge < -0.3 is 9.64 Å². The van der Waals surface area contributed by atoms with Gasteiger partial charge in [-0.25, -0.2) is 4.98 Å². The lowest BCUT2D eigenvalue weighted by Crippen LogP contribution is -2.38. The van der Waals surface area contributed by atoms with Gasteiger partial charge in [0.25, 0.3) is 5.91 Å². The molecule has 30 heavy (non-hydrogen) atoms. The molecule has 0 radical (unpaired) electrons. The Kier molecular flexibility index (Phi) is 7.86. The zero-order valence-corrected chi connectivity index (χ0v) is 18.9. The number of carbonyl (C=O) groups is 1. The quantitative estimate of drug-likeness (QED) is 0.548. The number of benzene rings is 1. The highest BCUT2D eigenvalue weighted by atomic mass is 16.5. The molecule has 0 aliphatic heterocycles. The molecule has 0 N–H and O–H groups in total. The summed E-state index contributed by atoms with van der Waals surface area (Å²) in [5, 5.41) is 0. The smallest absolute Gasteiger partial charge is 0.272 e. The Morgan fingerprint density at radius 3 is 2.53 bits per heavy atom. The Morgan fingerprint density at radius 2 is 1.87 bits per heavy atom. The average molecular weight is 410 g/mol. The molecule has 1 aliphatic rings. The van der Waals surface area contributed by atoms with E-state index in [4.69, 9.17) is 4.74 Å². The van der Waals surface area contributed by atoms with Crippen molar-refractivity contribution in [2.24, 2.45) is 0 Å². The number of hydrogen-bond donors (Lipinski definition) is 0. The van der Waals surface area contributed by atoms with Gasteiger partial charge in [0.05, 0.1) is 12.8 Å². The second-order valence-corrected chi connectivity index (χ2v) is 8.12. The summed E-state index contributed by atoms with van der Waals surface area (Å²) in [6, 6.07) is 10.6. The maximum absolute atomic E-state index is 13.0. The van der Waals surface area contributed by atoms with Gasteiger partial charge in [-0.05, 0) is 61.2 Å². The van der Waals surface area contributed by atoms with Gasteiger partial charge in [0, 0.05) is 19.6 Å². The topological polar surface area (TPSA) is 45.7 Å². The number of likely N-dealkylation sites (N-methyl/N-ethyl adjacent to an activating group) is 1. The molecule has 1 heterocycles. The summed E-state index contributed by atoms with van der Waals surface area (Å²) in [4.78, 5) is 21.6. The van der Waals surface area contributed by atoms with Crippen molar-refractivity contribution in [3.05, 3.63) is 58.9 Å². The molecule has 0 saturated carbocycles. The van der Waals surface area contributed by atoms with Crippen LogP contribution in [0.5, 0.6) is 5.75 Å². The average Bonchev–Trinajstić information content (AvgIpc) is 3.20. The molecule has 1 aromatic heterocycles. The Morgan fingerprint density at radius 1 is 1.10 bits per heavy atom. The van der Waals surface area contributed by atoms with Crippen LogP contribution in [-0.2, 0) is 19.4 Å². The van der Waals surface area contributed by atoms with Crippen LogP contribution in [0.1, 0.15) is 60.8 Å². The van der Waals surface area contributed by atoms with Gasteiger partial charge in [-0.15, -0.1) is 0 Å². The van der Waals surface area contributed by atoms with E-state index in [0.717, 1.165) is 51.1 Å². The first-order valence-electron chi connectivity index (χ1n) is 11.2. The van der Waals surface area contributed by atoms with Crippen LogP contribution in [0.2, 0.25) is 0 Å². The molecule has 1 aliphatic carbocycles. The molecule has 1 aromatic carbocycles. The molecule has 0 fully saturated rings. The van der Waals surface area contributed by atoms with Crippen LogP contribution in [0.4, 0.5) is 0 Å². The van der Waals surface area contributed by atoms with Gasteiger partial charge in [-0.3, -0.25) is 9.69 Å². The number of amides is 1. The number of unbranched alkanes of at least 4 members (excludes halogenated alkanes) is 1. The molecule has 1 atom stereocenters. The van der Waals surface area contributed by atoms with E-state index in [-0.39, 0.29) is 11.9 Å². The molecule has 3 rings (SSSR count). The largest absolute Gasteiger partial charge is 0.492 e. The Balaban J connectivity index is 1.61. The summed E-state index contributed by atoms with van der Waals surface area (Å²) in [7, 11) is 1.89. The number of carbonyl (C=O) groups excluding carboxylic acids is 1. The van der Waals surface area contributed by atoms with Crippen LogP contribution in [0.15, 0.2) is 36.5 Å². The van der Waals surface area contributed by atoms with Crippen LogP contribution in [0.25, 0.3) is 0 Å². The third-order valence-electron chi connectivity index (χ3n) is 6.07. The van der Waals surface area contributed by atoms with Crippen molar-refractivity contribution in [1.82, 2.24) is 14.8 Å². The summed E-state index contributed by atoms with van der Waals surface area (Å²) in [5.41, 5.74) is 4.55. The Bertz CT molecular complexity index is 831. The lowest BCUT2D eigenvalue weighted by molar-refractivity contribution is 0.0731. The first-order chi connectivity index (χ1) is 14.5. The van der Waals surface area contributed by atoms with Crippen LogP contribution < -0.4 is 4.74 Å². The van der Waals surface area contributed by atoms with Crippen molar-refractivity contribution in [2.45, 2.75) is 59.0 Å². The van der Waals surface area contributed by atoms with Crippen LogP contribution in [-0.4, -0.2) is 53.5 Å². The summed E-state index contributed by atoms with van der Waals surface area (Å²) >= 11 is 0. The fourth-order valence-electron chi connectivity index (χ4n) is 4.00. The minimum absolute atomic E-state index is 0.0312. The predicted octanol–water partition coefficient (Wildman–Crippen LogP) is 4.34. The number of fused-ring (bicyclic) bond motifs is 1. The van der Waals surface area contributed by atoms with Crippen molar-refractivity contribution in [3.63, 3.8) is 0 Å². The van der Waals surface area contributed by atoms with Crippen molar-refractivity contribution in [3.8, 4) is 5.75 Å². The maximum Gasteiger partial charge on any atom is 0.272 e. The molecular weight excluding hydrogens is 374 g/mol. The van der Waals surface area contributed by atoms with Gasteiger partial charge in [0.1, 0.15) is 11.4 Å². The lowest BCUT2D eigenvalue weighted by Gasteiger charge is -2.24. The molecule has 0 saturated heterocycles. The van der Waals surface area contributed by atoms with E-state index in [0.29, 0.717) is 12.3 Å². The lowest BCUT2D eigenvalue weighted by atomic mass is 10.1. The second-order valence-electron chi connectivity index (χ2n) is 8.12. The molecule has 1 amide bonds. The van der Waals surface area contributed by atoms with Crippen LogP contribution in [0, 0.1) is 0 Å². The minimum Gasteiger partial charge on any atom is -0.492 e. The normalized spacial score (nSPS) is 15.3. The van der Waals surface area contributed by atoms with E-state index in [1.807, 2.05) is 18.0 Å². The zero-order valence-electron chi connectivity index (χ0n) is 18.9. The summed E-state index contributed by atoms with van der Waals surface area (Å²) in [6.07, 6.45) is 5.57. The molecule has 1 unspecified atom stereocenters. The van der Waals surface area contributed by atoms with Crippen molar-refractivity contribution >= 4 is 5.91 Å². The first-order valence-corrected chi connectivity index (χ1v) is 11.2. The van der Waals surface area contributed by atoms with E-state index in [9.17, 15) is 4.79 Å². The molecule has 2 aromatic rings. The summed E-state index contributed by atoms with van der Waals surface area (Å²) in [5.74, 6) is 0.688. The Hall–Kier alpha value is -2.40. The summed E-state index contributed by atoms with van der Waals surface area (Å²) < 4.78 is 5.65. The fraction of sp³-hybridized carbons (Fsp3) is 0.520. The Labute approximate surface area is 181 Å². The molecule has 5 nitrogen and oxygen atoms in total. The van der Waals surface area contributed by atoms with Gasteiger partial charge in [-0.2, -0.15) is 0 Å². The number of nitrogens with zero attached hydrogens (tertiary/aromatic N) is 3. The van der Waals surface area contributed by atoms with E-state index in [1.54, 1.807) is 12.3 Å². The second kappa shape index (κ2) is 10.6. The molecule has 0 spiro atoms. The number of rotatable bonds is 10. The minimum atomic E-state index is -0.0312. The number of hydrogen-bond acceptors (Lipinski definition) is 4. The van der Waals surface area contributed by atoms with Gasteiger partial charge >= 0.3 is 0 Å². The van der Waals surface area contributed by atoms with E-state index in [1.165, 1.54) is 16.7 Å². The zero-order chi connectivity index (χ0) is 21.5. The summed E-state index contributed by atoms with van der Waals surface area (Å²) in [6.45, 7) is 10.3. The van der Waals surface area contributed by atoms with Gasteiger partial charge in [0.15, 0.2) is 0 Å². The predicted molar refractivity (Wildman–Crippen MR) is 121 cm³/mol. The van der Waals surface area contributed by atoms with Gasteiger partial charge in [0.2, 0.25) is 0 Å². The van der Waals surface area contributed by atoms with Crippen LogP contribution in [0.3, 0.4) is 0 Å². The molecule has 162 valence electrons. The van der Waals surface area contributed by atoms with Gasteiger partial charge in [-0.1, -0.05) is 45.4 Å². The standard InChI is InChI=1S/C25H35N3O2/c1-5-8-13-30-23-11-12-24(26-17-23)25(29)27(4)22-15-20-10-9-19(14-21(20)16-22)18-28(6-2)7-3/h9-12,14,17,22H,5-8,13,15-16,18H2,1-4H3. The molecular formula is C25H35N3O2. The highest BCUT2D eigenvalue weighted by molar-refractivity contribution is 5.92. The first kappa shape index (κ1) is 22.3. The van der Waals surface area contributed by atoms with E-state index in [2.05, 4.69) is 48.9 Å². The van der Waals surface area contributed by atoms with Crippen molar-refractivity contribution < 1.29 is 9.53 Å². The SMILES string of the molecule is CCCCOc1ccc(C(=O)N(C)C2Cc3ccc(CN(CC)CC)cc3C2)nc1. The van der Waals surface area contributed by atoms with Crippen molar-refractivity contribution in [1.29, 1.82) is 0 Å². The van der Waals surface area contributed by atoms with Crippen LogP contribution >= 0.6 is 0 Å². The van der Waals surface area contributed by atoms with E-state index < -0.39 is 0 Å². The highest BCUT2D eigenvalue weighted by Gasteiger charge is 2.28. The highest BCUT2D eigenvalue weighted by Crippen LogP contribution is 2.27. The molecule has 0 bridgehead atoms. The fourth-order valence-corrected chi connectivity index (χ4v) is 4.00. The maximum atomic E-state index is 13.0. The van der Waals surface area contributed by atoms with Crippen molar-refractivity contribution in [2.75, 3.05) is 26.7 Å². The van der Waals surface area contributed by atoms with E-state index >= 15 is 0 Å².